The van der Waals surface area contributed by atoms with Gasteiger partial charge in [-0.3, -0.25) is 4.79 Å². The van der Waals surface area contributed by atoms with Crippen molar-refractivity contribution < 1.29 is 9.53 Å². The molecule has 1 heterocycles. The number of nitrogens with one attached hydrogen (secondary N) is 1. The maximum atomic E-state index is 11.2. The minimum Gasteiger partial charge on any atom is -0.383 e. The van der Waals surface area contributed by atoms with E-state index in [-0.39, 0.29) is 5.91 Å². The van der Waals surface area contributed by atoms with Gasteiger partial charge in [-0.1, -0.05) is 0 Å². The summed E-state index contributed by atoms with van der Waals surface area (Å²) in [4.78, 5) is 13.2. The Hall–Kier alpha value is -0.610. The molecule has 1 amide bonds. The molecule has 0 bridgehead atoms. The van der Waals surface area contributed by atoms with Gasteiger partial charge in [0, 0.05) is 39.2 Å². The summed E-state index contributed by atoms with van der Waals surface area (Å²) in [7, 11) is 1.77. The molecule has 0 spiro atoms. The molecule has 0 aromatic heterocycles. The van der Waals surface area contributed by atoms with Crippen molar-refractivity contribution in [3.8, 4) is 0 Å². The zero-order valence-corrected chi connectivity index (χ0v) is 10.9. The van der Waals surface area contributed by atoms with Crippen molar-refractivity contribution >= 4 is 5.91 Å². The van der Waals surface area contributed by atoms with Gasteiger partial charge >= 0.3 is 0 Å². The van der Waals surface area contributed by atoms with E-state index in [9.17, 15) is 4.79 Å². The van der Waals surface area contributed by atoms with E-state index in [1.165, 1.54) is 12.8 Å². The Morgan fingerprint density at radius 2 is 2.00 bits per heavy atom. The lowest BCUT2D eigenvalue weighted by Gasteiger charge is -2.34. The van der Waals surface area contributed by atoms with E-state index in [1.54, 1.807) is 14.0 Å². The molecule has 1 N–H and O–H groups in total. The number of nitrogens with zero attached hydrogens (tertiary/aromatic N) is 1. The van der Waals surface area contributed by atoms with Crippen LogP contribution < -0.4 is 5.32 Å². The summed E-state index contributed by atoms with van der Waals surface area (Å²) in [5.74, 6) is 1.03. The van der Waals surface area contributed by atoms with Gasteiger partial charge in [0.1, 0.15) is 0 Å². The van der Waals surface area contributed by atoms with Gasteiger partial charge in [0.05, 0.1) is 6.61 Å². The molecule has 0 radical (unpaired) electrons. The second-order valence-corrected chi connectivity index (χ2v) is 5.35. The highest BCUT2D eigenvalue weighted by Crippen LogP contribution is 2.33. The van der Waals surface area contributed by atoms with Crippen LogP contribution in [0.5, 0.6) is 0 Å². The highest BCUT2D eigenvalue weighted by Gasteiger charge is 2.33. The highest BCUT2D eigenvalue weighted by atomic mass is 16.5. The van der Waals surface area contributed by atoms with Crippen molar-refractivity contribution in [3.05, 3.63) is 0 Å². The van der Waals surface area contributed by atoms with Crippen LogP contribution in [0.25, 0.3) is 0 Å². The van der Waals surface area contributed by atoms with Gasteiger partial charge in [-0.2, -0.15) is 0 Å². The fraction of sp³-hybridized carbons (Fsp3) is 0.923. The van der Waals surface area contributed by atoms with Crippen molar-refractivity contribution in [1.29, 1.82) is 0 Å². The van der Waals surface area contributed by atoms with Crippen molar-refractivity contribution in [2.45, 2.75) is 44.7 Å². The van der Waals surface area contributed by atoms with Gasteiger partial charge in [-0.15, -0.1) is 0 Å². The second-order valence-electron chi connectivity index (χ2n) is 5.35. The summed E-state index contributed by atoms with van der Waals surface area (Å²) in [5.41, 5.74) is 0. The zero-order chi connectivity index (χ0) is 12.3. The summed E-state index contributed by atoms with van der Waals surface area (Å²) in [6, 6.07) is 1.08. The number of ether oxygens (including phenoxy) is 1. The Labute approximate surface area is 104 Å². The molecule has 4 heteroatoms. The predicted octanol–water partition coefficient (Wildman–Crippen LogP) is 1.01. The van der Waals surface area contributed by atoms with Crippen molar-refractivity contribution in [2.24, 2.45) is 5.92 Å². The second kappa shape index (κ2) is 5.83. The fourth-order valence-electron chi connectivity index (χ4n) is 2.66. The minimum atomic E-state index is 0.207. The Morgan fingerprint density at radius 1 is 1.35 bits per heavy atom. The van der Waals surface area contributed by atoms with Crippen LogP contribution in [0.15, 0.2) is 0 Å². The SMILES string of the molecule is COCC(NC1CCN(C(C)=O)CC1)C1CC1. The Balaban J connectivity index is 1.74. The summed E-state index contributed by atoms with van der Waals surface area (Å²) in [6.07, 6.45) is 4.83. The average Bonchev–Trinajstić information content (AvgIpc) is 3.13. The van der Waals surface area contributed by atoms with Crippen LogP contribution in [-0.4, -0.2) is 49.7 Å². The Morgan fingerprint density at radius 3 is 2.47 bits per heavy atom. The maximum absolute atomic E-state index is 11.2. The Bertz CT molecular complexity index is 258. The molecule has 1 aliphatic heterocycles. The number of carbonyl (C=O) groups is 1. The quantitative estimate of drug-likeness (QED) is 0.780. The van der Waals surface area contributed by atoms with Crippen LogP contribution in [0.1, 0.15) is 32.6 Å². The van der Waals surface area contributed by atoms with Gasteiger partial charge in [-0.25, -0.2) is 0 Å². The van der Waals surface area contributed by atoms with Crippen LogP contribution in [0.4, 0.5) is 0 Å². The third-order valence-electron chi connectivity index (χ3n) is 3.93. The maximum Gasteiger partial charge on any atom is 0.219 e. The first-order valence-electron chi connectivity index (χ1n) is 6.71. The fourth-order valence-corrected chi connectivity index (χ4v) is 2.66. The lowest BCUT2D eigenvalue weighted by atomic mass is 10.0. The van der Waals surface area contributed by atoms with E-state index in [1.807, 2.05) is 4.90 Å². The number of amides is 1. The van der Waals surface area contributed by atoms with Crippen LogP contribution in [0, 0.1) is 5.92 Å². The first kappa shape index (κ1) is 12.8. The van der Waals surface area contributed by atoms with E-state index >= 15 is 0 Å². The number of carbonyl (C=O) groups excluding carboxylic acids is 1. The monoisotopic (exact) mass is 240 g/mol. The molecule has 2 fully saturated rings. The van der Waals surface area contributed by atoms with E-state index in [0.717, 1.165) is 38.5 Å². The summed E-state index contributed by atoms with van der Waals surface area (Å²) in [5, 5.41) is 3.72. The molecule has 98 valence electrons. The molecule has 1 saturated heterocycles. The third kappa shape index (κ3) is 3.68. The van der Waals surface area contributed by atoms with Crippen LogP contribution in [-0.2, 0) is 9.53 Å². The molecule has 0 aromatic carbocycles. The Kier molecular flexibility index (Phi) is 4.40. The number of hydrogen-bond acceptors (Lipinski definition) is 3. The number of methoxy groups -OCH3 is 1. The smallest absolute Gasteiger partial charge is 0.219 e. The molecule has 0 aromatic rings. The van der Waals surface area contributed by atoms with Crippen molar-refractivity contribution in [2.75, 3.05) is 26.8 Å². The van der Waals surface area contributed by atoms with Crippen LogP contribution in [0.3, 0.4) is 0 Å². The van der Waals surface area contributed by atoms with E-state index in [0.29, 0.717) is 12.1 Å². The topological polar surface area (TPSA) is 41.6 Å². The number of rotatable bonds is 5. The van der Waals surface area contributed by atoms with Gasteiger partial charge in [0.2, 0.25) is 5.91 Å². The van der Waals surface area contributed by atoms with Gasteiger partial charge in [0.15, 0.2) is 0 Å². The summed E-state index contributed by atoms with van der Waals surface area (Å²) in [6.45, 7) is 4.28. The van der Waals surface area contributed by atoms with Gasteiger partial charge < -0.3 is 15.0 Å². The number of hydrogen-bond donors (Lipinski definition) is 1. The normalized spacial score (nSPS) is 23.8. The average molecular weight is 240 g/mol. The van der Waals surface area contributed by atoms with Crippen LogP contribution in [0.2, 0.25) is 0 Å². The van der Waals surface area contributed by atoms with Gasteiger partial charge in [-0.05, 0) is 31.6 Å². The van der Waals surface area contributed by atoms with E-state index in [4.69, 9.17) is 4.74 Å². The zero-order valence-electron chi connectivity index (χ0n) is 10.9. The molecular formula is C13H24N2O2. The molecule has 17 heavy (non-hydrogen) atoms. The van der Waals surface area contributed by atoms with Crippen molar-refractivity contribution in [1.82, 2.24) is 10.2 Å². The lowest BCUT2D eigenvalue weighted by Crippen LogP contribution is -2.49. The third-order valence-corrected chi connectivity index (χ3v) is 3.93. The van der Waals surface area contributed by atoms with Gasteiger partial charge in [0.25, 0.3) is 0 Å². The standard InChI is InChI=1S/C13H24N2O2/c1-10(16)15-7-5-12(6-8-15)14-13(9-17-2)11-3-4-11/h11-14H,3-9H2,1-2H3. The molecule has 1 atom stereocenters. The van der Waals surface area contributed by atoms with Crippen molar-refractivity contribution in [3.63, 3.8) is 0 Å². The lowest BCUT2D eigenvalue weighted by molar-refractivity contribution is -0.129. The summed E-state index contributed by atoms with van der Waals surface area (Å²) >= 11 is 0. The first-order valence-corrected chi connectivity index (χ1v) is 6.71. The molecule has 2 rings (SSSR count). The highest BCUT2D eigenvalue weighted by molar-refractivity contribution is 5.73. The minimum absolute atomic E-state index is 0.207. The molecular weight excluding hydrogens is 216 g/mol. The molecule has 1 unspecified atom stereocenters. The molecule has 2 aliphatic rings. The largest absolute Gasteiger partial charge is 0.383 e. The molecule has 1 saturated carbocycles. The summed E-state index contributed by atoms with van der Waals surface area (Å²) < 4.78 is 5.28. The number of likely N-dealkylation sites (tertiary alicyclic amines) is 1. The van der Waals surface area contributed by atoms with E-state index in [2.05, 4.69) is 5.32 Å². The molecule has 1 aliphatic carbocycles. The number of piperidine rings is 1. The molecule has 4 nitrogen and oxygen atoms in total. The van der Waals surface area contributed by atoms with Crippen LogP contribution >= 0.6 is 0 Å². The first-order chi connectivity index (χ1) is 8.20. The van der Waals surface area contributed by atoms with E-state index < -0.39 is 0 Å². The predicted molar refractivity (Wildman–Crippen MR) is 66.8 cm³/mol.